The number of nitrogens with two attached hydrogens (primary N) is 1. The van der Waals surface area contributed by atoms with E-state index in [1.807, 2.05) is 18.7 Å². The van der Waals surface area contributed by atoms with E-state index in [4.69, 9.17) is 29.6 Å². The quantitative estimate of drug-likeness (QED) is 0.845. The van der Waals surface area contributed by atoms with E-state index in [2.05, 4.69) is 21.8 Å². The summed E-state index contributed by atoms with van der Waals surface area (Å²) in [6.07, 6.45) is 0. The predicted octanol–water partition coefficient (Wildman–Crippen LogP) is 1.17. The van der Waals surface area contributed by atoms with E-state index in [9.17, 15) is 0 Å². The second kappa shape index (κ2) is 6.39. The number of hydrogen-bond donors (Lipinski definition) is 1. The number of hydrogen-bond acceptors (Lipinski definition) is 4. The van der Waals surface area contributed by atoms with Crippen molar-refractivity contribution in [2.24, 2.45) is 12.8 Å². The summed E-state index contributed by atoms with van der Waals surface area (Å²) in [4.78, 5) is 5.30. The molecular weight excluding hydrogens is 294 g/mol. The van der Waals surface area contributed by atoms with Gasteiger partial charge in [0.1, 0.15) is 0 Å². The number of piperazine rings is 1. The van der Waals surface area contributed by atoms with Gasteiger partial charge in [-0.25, -0.2) is 0 Å². The van der Waals surface area contributed by atoms with Crippen LogP contribution in [0.4, 0.5) is 0 Å². The van der Waals surface area contributed by atoms with Crippen LogP contribution in [0.3, 0.4) is 0 Å². The number of aryl methyl sites for hydroxylation is 2. The standard InChI is InChI=1S/C13H22ClN5S/c1-9-12(14)11(17(3)16-9)8-18-4-6-19(7-5-18)10(2)13(15)20/h10H,4-8H2,1-3H3,(H2,15,20). The van der Waals surface area contributed by atoms with E-state index in [-0.39, 0.29) is 6.04 Å². The van der Waals surface area contributed by atoms with Gasteiger partial charge < -0.3 is 5.73 Å². The highest BCUT2D eigenvalue weighted by molar-refractivity contribution is 7.80. The van der Waals surface area contributed by atoms with Crippen molar-refractivity contribution in [2.75, 3.05) is 26.2 Å². The molecule has 1 atom stereocenters. The van der Waals surface area contributed by atoms with Gasteiger partial charge in [-0.15, -0.1) is 0 Å². The van der Waals surface area contributed by atoms with Crippen LogP contribution in [0.2, 0.25) is 5.02 Å². The Balaban J connectivity index is 1.93. The van der Waals surface area contributed by atoms with Gasteiger partial charge in [0, 0.05) is 39.8 Å². The fraction of sp³-hybridized carbons (Fsp3) is 0.692. The second-order valence-electron chi connectivity index (χ2n) is 5.36. The van der Waals surface area contributed by atoms with Gasteiger partial charge in [0.2, 0.25) is 0 Å². The summed E-state index contributed by atoms with van der Waals surface area (Å²) in [5, 5.41) is 5.14. The Morgan fingerprint density at radius 1 is 1.40 bits per heavy atom. The van der Waals surface area contributed by atoms with Crippen LogP contribution in [0.25, 0.3) is 0 Å². The van der Waals surface area contributed by atoms with Crippen molar-refractivity contribution in [1.29, 1.82) is 0 Å². The lowest BCUT2D eigenvalue weighted by atomic mass is 10.2. The Hall–Kier alpha value is -0.690. The zero-order valence-corrected chi connectivity index (χ0v) is 13.8. The number of aromatic nitrogens is 2. The fourth-order valence-corrected chi connectivity index (χ4v) is 2.92. The first-order chi connectivity index (χ1) is 9.40. The third-order valence-corrected chi connectivity index (χ3v) is 4.83. The monoisotopic (exact) mass is 315 g/mol. The number of nitrogens with zero attached hydrogens (tertiary/aromatic N) is 4. The largest absolute Gasteiger partial charge is 0.392 e. The summed E-state index contributed by atoms with van der Waals surface area (Å²) in [6, 6.07) is 0.176. The first-order valence-corrected chi connectivity index (χ1v) is 7.62. The second-order valence-corrected chi connectivity index (χ2v) is 6.21. The minimum Gasteiger partial charge on any atom is -0.392 e. The summed E-state index contributed by atoms with van der Waals surface area (Å²) in [5.41, 5.74) is 7.69. The molecule has 0 bridgehead atoms. The molecule has 20 heavy (non-hydrogen) atoms. The highest BCUT2D eigenvalue weighted by Gasteiger charge is 2.23. The van der Waals surface area contributed by atoms with Gasteiger partial charge in [0.25, 0.3) is 0 Å². The molecule has 2 N–H and O–H groups in total. The minimum absolute atomic E-state index is 0.176. The molecule has 0 aromatic carbocycles. The zero-order chi connectivity index (χ0) is 14.9. The number of thiocarbonyl (C=S) groups is 1. The first-order valence-electron chi connectivity index (χ1n) is 6.84. The summed E-state index contributed by atoms with van der Waals surface area (Å²) in [6.45, 7) is 8.79. The van der Waals surface area contributed by atoms with Gasteiger partial charge >= 0.3 is 0 Å². The molecule has 1 unspecified atom stereocenters. The van der Waals surface area contributed by atoms with E-state index < -0.39 is 0 Å². The van der Waals surface area contributed by atoms with E-state index in [1.54, 1.807) is 0 Å². The maximum absolute atomic E-state index is 6.30. The first kappa shape index (κ1) is 15.7. The topological polar surface area (TPSA) is 50.3 Å². The molecule has 0 spiro atoms. The van der Waals surface area contributed by atoms with Crippen molar-refractivity contribution in [3.8, 4) is 0 Å². The molecule has 112 valence electrons. The Labute approximate surface area is 130 Å². The molecule has 0 radical (unpaired) electrons. The average Bonchev–Trinajstić information content (AvgIpc) is 2.65. The third kappa shape index (κ3) is 3.31. The summed E-state index contributed by atoms with van der Waals surface area (Å²) < 4.78 is 1.88. The van der Waals surface area contributed by atoms with Crippen LogP contribution in [0.1, 0.15) is 18.3 Å². The van der Waals surface area contributed by atoms with Crippen molar-refractivity contribution >= 4 is 28.8 Å². The predicted molar refractivity (Wildman–Crippen MR) is 86.1 cm³/mol. The molecule has 2 heterocycles. The molecule has 0 saturated carbocycles. The van der Waals surface area contributed by atoms with Crippen LogP contribution in [-0.4, -0.2) is 56.8 Å². The number of halogens is 1. The van der Waals surface area contributed by atoms with Crippen molar-refractivity contribution in [1.82, 2.24) is 19.6 Å². The number of rotatable bonds is 4. The lowest BCUT2D eigenvalue weighted by Gasteiger charge is -2.37. The Morgan fingerprint density at radius 3 is 2.45 bits per heavy atom. The SMILES string of the molecule is Cc1nn(C)c(CN2CCN(C(C)C(N)=S)CC2)c1Cl. The Morgan fingerprint density at radius 2 is 2.00 bits per heavy atom. The van der Waals surface area contributed by atoms with Gasteiger partial charge in [0.15, 0.2) is 0 Å². The third-order valence-electron chi connectivity index (χ3n) is 4.00. The fourth-order valence-electron chi connectivity index (χ4n) is 2.55. The van der Waals surface area contributed by atoms with Crippen LogP contribution in [0, 0.1) is 6.92 Å². The molecule has 1 saturated heterocycles. The molecule has 0 aliphatic carbocycles. The van der Waals surface area contributed by atoms with Crippen LogP contribution in [0.5, 0.6) is 0 Å². The summed E-state index contributed by atoms with van der Waals surface area (Å²) in [5.74, 6) is 0. The molecule has 1 aliphatic heterocycles. The van der Waals surface area contributed by atoms with Gasteiger partial charge in [0.05, 0.1) is 27.4 Å². The molecule has 5 nitrogen and oxygen atoms in total. The lowest BCUT2D eigenvalue weighted by molar-refractivity contribution is 0.116. The molecule has 2 rings (SSSR count). The normalized spacial score (nSPS) is 19.2. The smallest absolute Gasteiger partial charge is 0.0899 e. The van der Waals surface area contributed by atoms with Gasteiger partial charge in [-0.2, -0.15) is 5.10 Å². The molecule has 0 amide bonds. The van der Waals surface area contributed by atoms with Crippen LogP contribution < -0.4 is 5.73 Å². The van der Waals surface area contributed by atoms with Crippen molar-refractivity contribution in [3.05, 3.63) is 16.4 Å². The van der Waals surface area contributed by atoms with Crippen LogP contribution in [-0.2, 0) is 13.6 Å². The van der Waals surface area contributed by atoms with Gasteiger partial charge in [-0.1, -0.05) is 23.8 Å². The average molecular weight is 316 g/mol. The lowest BCUT2D eigenvalue weighted by Crippen LogP contribution is -2.52. The highest BCUT2D eigenvalue weighted by Crippen LogP contribution is 2.21. The van der Waals surface area contributed by atoms with Crippen molar-refractivity contribution in [3.63, 3.8) is 0 Å². The Kier molecular flexibility index (Phi) is 5.01. The zero-order valence-electron chi connectivity index (χ0n) is 12.3. The van der Waals surface area contributed by atoms with E-state index in [1.165, 1.54) is 0 Å². The summed E-state index contributed by atoms with van der Waals surface area (Å²) >= 11 is 11.4. The molecule has 1 aliphatic rings. The molecule has 7 heteroatoms. The van der Waals surface area contributed by atoms with Crippen molar-refractivity contribution < 1.29 is 0 Å². The maximum atomic E-state index is 6.30. The van der Waals surface area contributed by atoms with E-state index in [0.717, 1.165) is 49.1 Å². The Bertz CT molecular complexity index is 493. The van der Waals surface area contributed by atoms with Crippen molar-refractivity contribution in [2.45, 2.75) is 26.4 Å². The summed E-state index contributed by atoms with van der Waals surface area (Å²) in [7, 11) is 1.94. The van der Waals surface area contributed by atoms with Crippen LogP contribution in [0.15, 0.2) is 0 Å². The maximum Gasteiger partial charge on any atom is 0.0899 e. The molecule has 1 aromatic rings. The molecule has 1 aromatic heterocycles. The van der Waals surface area contributed by atoms with Gasteiger partial charge in [-0.3, -0.25) is 14.5 Å². The van der Waals surface area contributed by atoms with E-state index >= 15 is 0 Å². The highest BCUT2D eigenvalue weighted by atomic mass is 35.5. The van der Waals surface area contributed by atoms with Crippen LogP contribution >= 0.6 is 23.8 Å². The minimum atomic E-state index is 0.176. The van der Waals surface area contributed by atoms with E-state index in [0.29, 0.717) is 4.99 Å². The molecular formula is C13H22ClN5S. The van der Waals surface area contributed by atoms with Gasteiger partial charge in [-0.05, 0) is 13.8 Å². The molecule has 1 fully saturated rings.